The summed E-state index contributed by atoms with van der Waals surface area (Å²) in [7, 11) is 2.68. The first-order chi connectivity index (χ1) is 17.2. The Labute approximate surface area is 211 Å². The SMILES string of the molecule is COC(=O)c1ccc(CN2C(=O)C(=O)/C(=C(/O)c3cc(Cl)ccc3OC)C2c2cccc(O)c2)cc1. The van der Waals surface area contributed by atoms with Crippen LogP contribution in [0.4, 0.5) is 0 Å². The fourth-order valence-electron chi connectivity index (χ4n) is 4.16. The number of likely N-dealkylation sites (tertiary alicyclic amines) is 1. The summed E-state index contributed by atoms with van der Waals surface area (Å²) in [6, 6.07) is 16.0. The summed E-state index contributed by atoms with van der Waals surface area (Å²) in [5.74, 6) is -2.49. The van der Waals surface area contributed by atoms with Crippen molar-refractivity contribution in [2.75, 3.05) is 14.2 Å². The Morgan fingerprint density at radius 2 is 1.75 bits per heavy atom. The summed E-state index contributed by atoms with van der Waals surface area (Å²) in [5, 5.41) is 21.7. The van der Waals surface area contributed by atoms with Gasteiger partial charge in [-0.05, 0) is 53.6 Å². The van der Waals surface area contributed by atoms with E-state index in [1.165, 1.54) is 37.3 Å². The van der Waals surface area contributed by atoms with E-state index in [2.05, 4.69) is 0 Å². The molecule has 1 aliphatic rings. The Morgan fingerprint density at radius 3 is 2.39 bits per heavy atom. The standard InChI is InChI=1S/C27H22ClNO7/c1-35-21-11-10-18(28)13-20(21)24(31)22-23(17-4-3-5-19(30)12-17)29(26(33)25(22)32)14-15-6-8-16(9-7-15)27(34)36-2/h3-13,23,30-31H,14H2,1-2H3/b24-22+. The molecule has 0 bridgehead atoms. The number of phenols is 1. The van der Waals surface area contributed by atoms with Gasteiger partial charge < -0.3 is 24.6 Å². The molecule has 184 valence electrons. The second-order valence-corrected chi connectivity index (χ2v) is 8.49. The van der Waals surface area contributed by atoms with Gasteiger partial charge in [0.25, 0.3) is 11.7 Å². The zero-order chi connectivity index (χ0) is 26.0. The van der Waals surface area contributed by atoms with Crippen LogP contribution < -0.4 is 4.74 Å². The topological polar surface area (TPSA) is 113 Å². The molecule has 0 spiro atoms. The number of carbonyl (C=O) groups excluding carboxylic acids is 3. The number of aliphatic hydroxyl groups excluding tert-OH is 1. The molecule has 1 aliphatic heterocycles. The number of hydrogen-bond acceptors (Lipinski definition) is 7. The van der Waals surface area contributed by atoms with Crippen molar-refractivity contribution < 1.29 is 34.1 Å². The highest BCUT2D eigenvalue weighted by atomic mass is 35.5. The maximum absolute atomic E-state index is 13.2. The van der Waals surface area contributed by atoms with Crippen molar-refractivity contribution >= 4 is 35.0 Å². The zero-order valence-corrected chi connectivity index (χ0v) is 20.2. The first-order valence-corrected chi connectivity index (χ1v) is 11.2. The van der Waals surface area contributed by atoms with Gasteiger partial charge in [0.2, 0.25) is 0 Å². The summed E-state index contributed by atoms with van der Waals surface area (Å²) in [4.78, 5) is 39.5. The van der Waals surface area contributed by atoms with Crippen LogP contribution in [0.2, 0.25) is 5.02 Å². The van der Waals surface area contributed by atoms with Gasteiger partial charge in [0, 0.05) is 11.6 Å². The smallest absolute Gasteiger partial charge is 0.337 e. The number of nitrogens with zero attached hydrogens (tertiary/aromatic N) is 1. The van der Waals surface area contributed by atoms with Gasteiger partial charge in [-0.25, -0.2) is 4.79 Å². The first-order valence-electron chi connectivity index (χ1n) is 10.8. The number of amides is 1. The van der Waals surface area contributed by atoms with Crippen LogP contribution in [0.15, 0.2) is 72.3 Å². The van der Waals surface area contributed by atoms with Crippen molar-refractivity contribution in [2.45, 2.75) is 12.6 Å². The predicted molar refractivity (Wildman–Crippen MR) is 132 cm³/mol. The Morgan fingerprint density at radius 1 is 1.03 bits per heavy atom. The third-order valence-corrected chi connectivity index (χ3v) is 6.11. The number of ketones is 1. The minimum Gasteiger partial charge on any atom is -0.508 e. The molecule has 2 N–H and O–H groups in total. The lowest BCUT2D eigenvalue weighted by Crippen LogP contribution is -2.29. The van der Waals surface area contributed by atoms with E-state index in [-0.39, 0.29) is 29.2 Å². The van der Waals surface area contributed by atoms with Crippen LogP contribution in [0.3, 0.4) is 0 Å². The number of ether oxygens (including phenoxy) is 2. The number of benzene rings is 3. The average Bonchev–Trinajstić information content (AvgIpc) is 3.13. The van der Waals surface area contributed by atoms with E-state index in [0.717, 1.165) is 0 Å². The molecule has 9 heteroatoms. The second kappa shape index (κ2) is 10.1. The van der Waals surface area contributed by atoms with Crippen molar-refractivity contribution in [2.24, 2.45) is 0 Å². The van der Waals surface area contributed by atoms with Crippen LogP contribution in [0.25, 0.3) is 5.76 Å². The van der Waals surface area contributed by atoms with Gasteiger partial charge >= 0.3 is 5.97 Å². The maximum atomic E-state index is 13.2. The number of aliphatic hydroxyl groups is 1. The summed E-state index contributed by atoms with van der Waals surface area (Å²) >= 11 is 6.13. The molecule has 1 heterocycles. The molecule has 8 nitrogen and oxygen atoms in total. The number of carbonyl (C=O) groups is 3. The van der Waals surface area contributed by atoms with E-state index in [1.807, 2.05) is 0 Å². The van der Waals surface area contributed by atoms with Crippen LogP contribution in [-0.4, -0.2) is 47.0 Å². The molecule has 1 unspecified atom stereocenters. The maximum Gasteiger partial charge on any atom is 0.337 e. The second-order valence-electron chi connectivity index (χ2n) is 8.06. The van der Waals surface area contributed by atoms with Crippen LogP contribution in [0, 0.1) is 0 Å². The third-order valence-electron chi connectivity index (χ3n) is 5.87. The normalized spacial score (nSPS) is 16.8. The average molecular weight is 508 g/mol. The van der Waals surface area contributed by atoms with Gasteiger partial charge in [-0.2, -0.15) is 0 Å². The van der Waals surface area contributed by atoms with E-state index in [4.69, 9.17) is 21.1 Å². The van der Waals surface area contributed by atoms with Crippen molar-refractivity contribution in [3.8, 4) is 11.5 Å². The number of phenolic OH excluding ortho intramolecular Hbond substituents is 1. The van der Waals surface area contributed by atoms with Gasteiger partial charge in [0.1, 0.15) is 17.3 Å². The molecule has 3 aromatic carbocycles. The number of rotatable bonds is 6. The highest BCUT2D eigenvalue weighted by Gasteiger charge is 2.46. The van der Waals surface area contributed by atoms with Crippen LogP contribution >= 0.6 is 11.6 Å². The molecule has 0 aliphatic carbocycles. The van der Waals surface area contributed by atoms with Gasteiger partial charge in [0.05, 0.1) is 37.0 Å². The molecule has 1 fully saturated rings. The molecule has 0 radical (unpaired) electrons. The van der Waals surface area contributed by atoms with Gasteiger partial charge in [-0.15, -0.1) is 0 Å². The van der Waals surface area contributed by atoms with Crippen molar-refractivity contribution in [3.63, 3.8) is 0 Å². The van der Waals surface area contributed by atoms with Crippen molar-refractivity contribution in [1.29, 1.82) is 0 Å². The lowest BCUT2D eigenvalue weighted by molar-refractivity contribution is -0.140. The predicted octanol–water partition coefficient (Wildman–Crippen LogP) is 4.46. The number of methoxy groups -OCH3 is 2. The fourth-order valence-corrected chi connectivity index (χ4v) is 4.33. The molecule has 3 aromatic rings. The van der Waals surface area contributed by atoms with Crippen LogP contribution in [0.5, 0.6) is 11.5 Å². The molecule has 1 saturated heterocycles. The summed E-state index contributed by atoms with van der Waals surface area (Å²) in [6.07, 6.45) is 0. The molecule has 4 rings (SSSR count). The van der Waals surface area contributed by atoms with Gasteiger partial charge in [0.15, 0.2) is 0 Å². The van der Waals surface area contributed by atoms with E-state index in [1.54, 1.807) is 48.5 Å². The monoisotopic (exact) mass is 507 g/mol. The molecule has 1 atom stereocenters. The summed E-state index contributed by atoms with van der Waals surface area (Å²) < 4.78 is 10.0. The Balaban J connectivity index is 1.84. The largest absolute Gasteiger partial charge is 0.508 e. The molecule has 0 saturated carbocycles. The molecule has 0 aromatic heterocycles. The van der Waals surface area contributed by atoms with Crippen molar-refractivity contribution in [3.05, 3.63) is 99.6 Å². The molecule has 1 amide bonds. The molecular formula is C27H22ClNO7. The zero-order valence-electron chi connectivity index (χ0n) is 19.4. The minimum absolute atomic E-state index is 0.00416. The fraction of sp³-hybridized carbons (Fsp3) is 0.148. The summed E-state index contributed by atoms with van der Waals surface area (Å²) in [5.41, 5.74) is 1.37. The molecular weight excluding hydrogens is 486 g/mol. The van der Waals surface area contributed by atoms with Crippen LogP contribution in [-0.2, 0) is 20.9 Å². The number of Topliss-reactive ketones (excluding diaryl/α,β-unsaturated/α-hetero) is 1. The van der Waals surface area contributed by atoms with Gasteiger partial charge in [-0.3, -0.25) is 9.59 Å². The highest BCUT2D eigenvalue weighted by molar-refractivity contribution is 6.46. The Kier molecular flexibility index (Phi) is 6.98. The first kappa shape index (κ1) is 24.8. The van der Waals surface area contributed by atoms with Gasteiger partial charge in [-0.1, -0.05) is 35.9 Å². The number of esters is 1. The quantitative estimate of drug-likeness (QED) is 0.219. The van der Waals surface area contributed by atoms with E-state index in [9.17, 15) is 24.6 Å². The number of halogens is 1. The Hall–Kier alpha value is -4.30. The minimum atomic E-state index is -1.01. The van der Waals surface area contributed by atoms with E-state index in [0.29, 0.717) is 21.7 Å². The highest BCUT2D eigenvalue weighted by Crippen LogP contribution is 2.42. The van der Waals surface area contributed by atoms with E-state index >= 15 is 0 Å². The Bertz CT molecular complexity index is 1380. The molecule has 36 heavy (non-hydrogen) atoms. The van der Waals surface area contributed by atoms with Crippen molar-refractivity contribution in [1.82, 2.24) is 4.90 Å². The van der Waals surface area contributed by atoms with Crippen LogP contribution in [0.1, 0.15) is 33.1 Å². The lowest BCUT2D eigenvalue weighted by atomic mass is 9.94. The summed E-state index contributed by atoms with van der Waals surface area (Å²) in [6.45, 7) is -0.00416. The lowest BCUT2D eigenvalue weighted by Gasteiger charge is -2.25. The van der Waals surface area contributed by atoms with E-state index < -0.39 is 29.5 Å². The number of hydrogen-bond donors (Lipinski definition) is 2. The third kappa shape index (κ3) is 4.63. The number of aromatic hydroxyl groups is 1.